The molecule has 26 heavy (non-hydrogen) atoms. The highest BCUT2D eigenvalue weighted by atomic mass is 35.5. The number of nitrogens with zero attached hydrogens (tertiary/aromatic N) is 1. The zero-order valence-corrected chi connectivity index (χ0v) is 15.7. The van der Waals surface area contributed by atoms with Gasteiger partial charge in [0.1, 0.15) is 6.61 Å². The Bertz CT molecular complexity index is 728. The van der Waals surface area contributed by atoms with Crippen LogP contribution in [0.2, 0.25) is 0 Å². The first-order valence-corrected chi connectivity index (χ1v) is 8.00. The normalized spacial score (nSPS) is 10.4. The molecular formula is C20H23ClN2O3. The second-order valence-electron chi connectivity index (χ2n) is 5.73. The molecule has 2 rings (SSSR count). The highest BCUT2D eigenvalue weighted by molar-refractivity contribution is 5.95. The van der Waals surface area contributed by atoms with Gasteiger partial charge in [-0.2, -0.15) is 0 Å². The van der Waals surface area contributed by atoms with Gasteiger partial charge in [-0.05, 0) is 50.0 Å². The fourth-order valence-electron chi connectivity index (χ4n) is 2.02. The molecule has 0 radical (unpaired) electrons. The van der Waals surface area contributed by atoms with Gasteiger partial charge in [0.25, 0.3) is 5.91 Å². The minimum absolute atomic E-state index is 0. The number of amides is 1. The zero-order chi connectivity index (χ0) is 18.1. The van der Waals surface area contributed by atoms with Crippen molar-refractivity contribution in [3.8, 4) is 0 Å². The Morgan fingerprint density at radius 2 is 1.65 bits per heavy atom. The molecule has 5 nitrogen and oxygen atoms in total. The van der Waals surface area contributed by atoms with Gasteiger partial charge in [0.2, 0.25) is 0 Å². The van der Waals surface area contributed by atoms with Gasteiger partial charge < -0.3 is 15.0 Å². The van der Waals surface area contributed by atoms with Gasteiger partial charge in [-0.25, -0.2) is 4.79 Å². The van der Waals surface area contributed by atoms with Gasteiger partial charge in [-0.1, -0.05) is 30.3 Å². The first-order valence-electron chi connectivity index (χ1n) is 8.00. The SMILES string of the molecule is CN(C)CCOC(=O)c1ccc(/C=C/NC(=O)c2ccccc2)cc1.Cl. The molecule has 1 N–H and O–H groups in total. The van der Waals surface area contributed by atoms with Gasteiger partial charge in [0.15, 0.2) is 0 Å². The minimum atomic E-state index is -0.338. The Hall–Kier alpha value is -2.63. The standard InChI is InChI=1S/C20H22N2O3.ClH/c1-22(2)14-15-25-20(24)18-10-8-16(9-11-18)12-13-21-19(23)17-6-4-3-5-7-17;/h3-13H,14-15H2,1-2H3,(H,21,23);1H/b13-12+;. The third-order valence-electron chi connectivity index (χ3n) is 3.44. The molecule has 6 heteroatoms. The van der Waals surface area contributed by atoms with Gasteiger partial charge in [0.05, 0.1) is 5.56 Å². The number of rotatable bonds is 7. The Kier molecular flexibility index (Phi) is 9.12. The molecule has 0 heterocycles. The van der Waals surface area contributed by atoms with E-state index in [1.165, 1.54) is 0 Å². The third-order valence-corrected chi connectivity index (χ3v) is 3.44. The topological polar surface area (TPSA) is 58.6 Å². The van der Waals surface area contributed by atoms with Crippen LogP contribution in [-0.2, 0) is 4.74 Å². The lowest BCUT2D eigenvalue weighted by atomic mass is 10.1. The monoisotopic (exact) mass is 374 g/mol. The lowest BCUT2D eigenvalue weighted by Crippen LogP contribution is -2.20. The number of likely N-dealkylation sites (N-methyl/N-ethyl adjacent to an activating group) is 1. The summed E-state index contributed by atoms with van der Waals surface area (Å²) < 4.78 is 5.18. The highest BCUT2D eigenvalue weighted by Gasteiger charge is 2.06. The number of esters is 1. The fraction of sp³-hybridized carbons (Fsp3) is 0.200. The highest BCUT2D eigenvalue weighted by Crippen LogP contribution is 2.07. The quantitative estimate of drug-likeness (QED) is 0.756. The molecule has 0 spiro atoms. The summed E-state index contributed by atoms with van der Waals surface area (Å²) in [4.78, 5) is 25.7. The lowest BCUT2D eigenvalue weighted by Gasteiger charge is -2.09. The average molecular weight is 375 g/mol. The molecule has 0 fully saturated rings. The second-order valence-corrected chi connectivity index (χ2v) is 5.73. The Labute approximate surface area is 160 Å². The zero-order valence-electron chi connectivity index (χ0n) is 14.8. The molecule has 1 amide bonds. The van der Waals surface area contributed by atoms with Crippen molar-refractivity contribution in [3.05, 3.63) is 77.5 Å². The van der Waals surface area contributed by atoms with Crippen LogP contribution in [0.5, 0.6) is 0 Å². The maximum absolute atomic E-state index is 11.9. The van der Waals surface area contributed by atoms with Crippen LogP contribution in [0, 0.1) is 0 Å². The molecule has 0 aliphatic carbocycles. The first-order chi connectivity index (χ1) is 12.1. The lowest BCUT2D eigenvalue weighted by molar-refractivity contribution is 0.0481. The van der Waals surface area contributed by atoms with E-state index in [4.69, 9.17) is 4.74 Å². The van der Waals surface area contributed by atoms with Gasteiger partial charge in [0, 0.05) is 18.3 Å². The van der Waals surface area contributed by atoms with Gasteiger partial charge in [-0.15, -0.1) is 12.4 Å². The molecule has 138 valence electrons. The molecule has 0 atom stereocenters. The number of carbonyl (C=O) groups excluding carboxylic acids is 2. The van der Waals surface area contributed by atoms with Crippen LogP contribution in [0.3, 0.4) is 0 Å². The molecular weight excluding hydrogens is 352 g/mol. The summed E-state index contributed by atoms with van der Waals surface area (Å²) in [7, 11) is 3.84. The van der Waals surface area contributed by atoms with E-state index < -0.39 is 0 Å². The van der Waals surface area contributed by atoms with E-state index in [2.05, 4.69) is 5.32 Å². The van der Waals surface area contributed by atoms with E-state index in [-0.39, 0.29) is 24.3 Å². The van der Waals surface area contributed by atoms with Crippen molar-refractivity contribution >= 4 is 30.4 Å². The van der Waals surface area contributed by atoms with Gasteiger partial charge in [-0.3, -0.25) is 4.79 Å². The third kappa shape index (κ3) is 7.09. The largest absolute Gasteiger partial charge is 0.461 e. The minimum Gasteiger partial charge on any atom is -0.461 e. The maximum atomic E-state index is 11.9. The molecule has 0 unspecified atom stereocenters. The summed E-state index contributed by atoms with van der Waals surface area (Å²) >= 11 is 0. The van der Waals surface area contributed by atoms with E-state index >= 15 is 0 Å². The number of ether oxygens (including phenoxy) is 1. The first kappa shape index (κ1) is 21.4. The summed E-state index contributed by atoms with van der Waals surface area (Å²) in [5.74, 6) is -0.507. The van der Waals surface area contributed by atoms with Crippen LogP contribution >= 0.6 is 12.4 Å². The molecule has 0 saturated heterocycles. The van der Waals surface area contributed by atoms with E-state index in [1.807, 2.05) is 37.2 Å². The second kappa shape index (κ2) is 11.1. The van der Waals surface area contributed by atoms with E-state index in [0.29, 0.717) is 24.3 Å². The molecule has 0 bridgehead atoms. The van der Waals surface area contributed by atoms with Gasteiger partial charge >= 0.3 is 5.97 Å². The molecule has 2 aromatic carbocycles. The summed E-state index contributed by atoms with van der Waals surface area (Å²) in [5.41, 5.74) is 1.98. The molecule has 0 saturated carbocycles. The summed E-state index contributed by atoms with van der Waals surface area (Å²) in [6.07, 6.45) is 3.35. The van der Waals surface area contributed by atoms with Crippen LogP contribution in [0.25, 0.3) is 6.08 Å². The number of hydrogen-bond acceptors (Lipinski definition) is 4. The molecule has 0 aliphatic rings. The van der Waals surface area contributed by atoms with Crippen molar-refractivity contribution in [2.24, 2.45) is 0 Å². The summed E-state index contributed by atoms with van der Waals surface area (Å²) in [6.45, 7) is 1.05. The average Bonchev–Trinajstić information content (AvgIpc) is 2.62. The predicted molar refractivity (Wildman–Crippen MR) is 105 cm³/mol. The number of hydrogen-bond donors (Lipinski definition) is 1. The fourth-order valence-corrected chi connectivity index (χ4v) is 2.02. The molecule has 0 aliphatic heterocycles. The Balaban J connectivity index is 0.00000338. The number of benzene rings is 2. The van der Waals surface area contributed by atoms with Crippen molar-refractivity contribution in [1.82, 2.24) is 10.2 Å². The van der Waals surface area contributed by atoms with Crippen LogP contribution in [0.1, 0.15) is 26.3 Å². The molecule has 0 aromatic heterocycles. The molecule has 2 aromatic rings. The van der Waals surface area contributed by atoms with E-state index in [9.17, 15) is 9.59 Å². The maximum Gasteiger partial charge on any atom is 0.338 e. The number of nitrogens with one attached hydrogen (secondary N) is 1. The number of halogens is 1. The number of carbonyl (C=O) groups is 2. The van der Waals surface area contributed by atoms with Crippen LogP contribution < -0.4 is 5.32 Å². The van der Waals surface area contributed by atoms with Crippen molar-refractivity contribution in [1.29, 1.82) is 0 Å². The predicted octanol–water partition coefficient (Wildman–Crippen LogP) is 3.23. The van der Waals surface area contributed by atoms with E-state index in [1.54, 1.807) is 48.7 Å². The summed E-state index contributed by atoms with van der Waals surface area (Å²) in [6, 6.07) is 16.0. The van der Waals surface area contributed by atoms with Crippen LogP contribution in [-0.4, -0.2) is 44.0 Å². The smallest absolute Gasteiger partial charge is 0.338 e. The van der Waals surface area contributed by atoms with Crippen LogP contribution in [0.15, 0.2) is 60.8 Å². The summed E-state index contributed by atoms with van der Waals surface area (Å²) in [5, 5.41) is 2.71. The Morgan fingerprint density at radius 1 is 1.00 bits per heavy atom. The van der Waals surface area contributed by atoms with Crippen molar-refractivity contribution < 1.29 is 14.3 Å². The Morgan fingerprint density at radius 3 is 2.27 bits per heavy atom. The van der Waals surface area contributed by atoms with Crippen LogP contribution in [0.4, 0.5) is 0 Å². The van der Waals surface area contributed by atoms with Crippen molar-refractivity contribution in [2.75, 3.05) is 27.2 Å². The van der Waals surface area contributed by atoms with E-state index in [0.717, 1.165) is 5.56 Å². The van der Waals surface area contributed by atoms with Crippen molar-refractivity contribution in [2.45, 2.75) is 0 Å². The van der Waals surface area contributed by atoms with Crippen molar-refractivity contribution in [3.63, 3.8) is 0 Å².